The number of methoxy groups -OCH3 is 2. The zero-order chi connectivity index (χ0) is 39.5. The van der Waals surface area contributed by atoms with Gasteiger partial charge in [0.1, 0.15) is 5.01 Å². The van der Waals surface area contributed by atoms with E-state index in [1.807, 2.05) is 73.3 Å². The van der Waals surface area contributed by atoms with E-state index >= 15 is 0 Å². The van der Waals surface area contributed by atoms with Crippen LogP contribution < -0.4 is 16.0 Å². The van der Waals surface area contributed by atoms with Gasteiger partial charge in [-0.1, -0.05) is 71.4 Å². The van der Waals surface area contributed by atoms with Gasteiger partial charge in [0, 0.05) is 38.4 Å². The van der Waals surface area contributed by atoms with Gasteiger partial charge in [0.05, 0.1) is 48.2 Å². The van der Waals surface area contributed by atoms with Gasteiger partial charge in [-0.3, -0.25) is 29.4 Å². The second kappa shape index (κ2) is 20.5. The second-order valence-electron chi connectivity index (χ2n) is 15.3. The molecule has 1 aromatic heterocycles. The molecule has 0 bridgehead atoms. The standard InChI is InChI=1S/C40H64N6O6S/c1-12-26(4)34(45(9)33(25(2)3)37(49)44-39(50)40(6,7)41-8)31(51-10)24-32(47)46-21-16-19-30(46)35(52-11)27(5)36(48)43-29(38-42-20-22-53-38)23-28-17-14-13-15-18-28/h13-15,17-18,20,22,25-27,29-31,33-35,41H,12,16,19,21,23-24H2,1-11H3,(H,43,48)(H,44,49,50)/t26-,27+,29-,30-,31+,33-,34-,35+/m0/s1. The topological polar surface area (TPSA) is 142 Å². The number of rotatable bonds is 20. The number of hydrogen-bond donors (Lipinski definition) is 3. The van der Waals surface area contributed by atoms with Crippen molar-refractivity contribution < 1.29 is 28.7 Å². The van der Waals surface area contributed by atoms with E-state index in [4.69, 9.17) is 9.47 Å². The van der Waals surface area contributed by atoms with Crippen LogP contribution in [0, 0.1) is 17.8 Å². The zero-order valence-corrected chi connectivity index (χ0v) is 34.5. The van der Waals surface area contributed by atoms with Crippen molar-refractivity contribution in [3.63, 3.8) is 0 Å². The summed E-state index contributed by atoms with van der Waals surface area (Å²) in [6.07, 6.45) is 3.66. The predicted molar refractivity (Wildman–Crippen MR) is 209 cm³/mol. The largest absolute Gasteiger partial charge is 0.379 e. The van der Waals surface area contributed by atoms with E-state index in [1.165, 1.54) is 11.3 Å². The third-order valence-corrected chi connectivity index (χ3v) is 11.9. The van der Waals surface area contributed by atoms with Gasteiger partial charge in [0.25, 0.3) is 0 Å². The summed E-state index contributed by atoms with van der Waals surface area (Å²) in [5, 5.41) is 11.5. The van der Waals surface area contributed by atoms with Crippen LogP contribution in [0.3, 0.4) is 0 Å². The van der Waals surface area contributed by atoms with Gasteiger partial charge in [0.15, 0.2) is 0 Å². The summed E-state index contributed by atoms with van der Waals surface area (Å²) in [6, 6.07) is 8.46. The highest BCUT2D eigenvalue weighted by molar-refractivity contribution is 7.09. The van der Waals surface area contributed by atoms with Gasteiger partial charge in [-0.15, -0.1) is 11.3 Å². The van der Waals surface area contributed by atoms with E-state index in [2.05, 4.69) is 34.8 Å². The van der Waals surface area contributed by atoms with Gasteiger partial charge in [0.2, 0.25) is 23.6 Å². The van der Waals surface area contributed by atoms with Crippen molar-refractivity contribution in [2.75, 3.05) is 34.9 Å². The van der Waals surface area contributed by atoms with E-state index in [0.717, 1.165) is 23.4 Å². The molecule has 1 aliphatic heterocycles. The van der Waals surface area contributed by atoms with Crippen LogP contribution in [0.4, 0.5) is 0 Å². The minimum Gasteiger partial charge on any atom is -0.379 e. The summed E-state index contributed by atoms with van der Waals surface area (Å²) in [5.41, 5.74) is 0.167. The van der Waals surface area contributed by atoms with Crippen LogP contribution in [-0.2, 0) is 35.1 Å². The monoisotopic (exact) mass is 756 g/mol. The molecule has 13 heteroatoms. The van der Waals surface area contributed by atoms with Crippen molar-refractivity contribution in [3.05, 3.63) is 52.5 Å². The molecule has 296 valence electrons. The lowest BCUT2D eigenvalue weighted by Gasteiger charge is -2.43. The molecule has 53 heavy (non-hydrogen) atoms. The third kappa shape index (κ3) is 11.4. The number of imide groups is 1. The first-order chi connectivity index (χ1) is 25.1. The van der Waals surface area contributed by atoms with Gasteiger partial charge >= 0.3 is 0 Å². The molecular weight excluding hydrogens is 693 g/mol. The van der Waals surface area contributed by atoms with Crippen LogP contribution in [0.2, 0.25) is 0 Å². The van der Waals surface area contributed by atoms with Crippen LogP contribution in [0.25, 0.3) is 0 Å². The molecule has 3 rings (SSSR count). The van der Waals surface area contributed by atoms with Crippen molar-refractivity contribution in [1.82, 2.24) is 30.7 Å². The van der Waals surface area contributed by atoms with Crippen LogP contribution in [-0.4, -0.2) is 109 Å². The fourth-order valence-electron chi connectivity index (χ4n) is 7.55. The van der Waals surface area contributed by atoms with Gasteiger partial charge in [-0.05, 0) is 64.6 Å². The average molecular weight is 757 g/mol. The minimum atomic E-state index is -0.928. The molecule has 0 unspecified atom stereocenters. The Kier molecular flexibility index (Phi) is 17.0. The number of nitrogens with one attached hydrogen (secondary N) is 3. The Bertz CT molecular complexity index is 1460. The van der Waals surface area contributed by atoms with Crippen molar-refractivity contribution in [2.24, 2.45) is 17.8 Å². The molecule has 1 saturated heterocycles. The third-order valence-electron chi connectivity index (χ3n) is 11.1. The Morgan fingerprint density at radius 3 is 2.28 bits per heavy atom. The molecular formula is C40H64N6O6S. The summed E-state index contributed by atoms with van der Waals surface area (Å²) in [7, 11) is 6.76. The second-order valence-corrected chi connectivity index (χ2v) is 16.2. The molecule has 1 aromatic carbocycles. The quantitative estimate of drug-likeness (QED) is 0.177. The fourth-order valence-corrected chi connectivity index (χ4v) is 8.24. The molecule has 4 amide bonds. The number of amides is 4. The lowest BCUT2D eigenvalue weighted by molar-refractivity contribution is -0.144. The Labute approximate surface area is 321 Å². The number of nitrogens with zero attached hydrogens (tertiary/aromatic N) is 3. The molecule has 2 heterocycles. The van der Waals surface area contributed by atoms with Crippen LogP contribution in [0.5, 0.6) is 0 Å². The molecule has 0 saturated carbocycles. The predicted octanol–water partition coefficient (Wildman–Crippen LogP) is 4.60. The van der Waals surface area contributed by atoms with E-state index in [-0.39, 0.29) is 54.1 Å². The molecule has 3 N–H and O–H groups in total. The number of hydrogen-bond acceptors (Lipinski definition) is 10. The normalized spacial score (nSPS) is 19.0. The van der Waals surface area contributed by atoms with Crippen LogP contribution in [0.1, 0.15) is 90.8 Å². The highest BCUT2D eigenvalue weighted by Gasteiger charge is 2.44. The van der Waals surface area contributed by atoms with Gasteiger partial charge in [-0.2, -0.15) is 0 Å². The number of likely N-dealkylation sites (N-methyl/N-ethyl adjacent to an activating group) is 2. The summed E-state index contributed by atoms with van der Waals surface area (Å²) in [4.78, 5) is 63.1. The maximum absolute atomic E-state index is 14.3. The molecule has 1 fully saturated rings. The molecule has 0 spiro atoms. The van der Waals surface area contributed by atoms with Crippen LogP contribution in [0.15, 0.2) is 41.9 Å². The summed E-state index contributed by atoms with van der Waals surface area (Å²) < 4.78 is 12.1. The van der Waals surface area contributed by atoms with E-state index in [1.54, 1.807) is 41.3 Å². The average Bonchev–Trinajstić information content (AvgIpc) is 3.85. The first-order valence-corrected chi connectivity index (χ1v) is 19.8. The number of ether oxygens (including phenoxy) is 2. The number of benzene rings is 1. The summed E-state index contributed by atoms with van der Waals surface area (Å²) in [6.45, 7) is 13.9. The minimum absolute atomic E-state index is 0.0581. The fraction of sp³-hybridized carbons (Fsp3) is 0.675. The Balaban J connectivity index is 1.79. The maximum atomic E-state index is 14.3. The molecule has 0 aliphatic carbocycles. The summed E-state index contributed by atoms with van der Waals surface area (Å²) >= 11 is 1.51. The molecule has 12 nitrogen and oxygen atoms in total. The Morgan fingerprint density at radius 1 is 1.06 bits per heavy atom. The maximum Gasteiger partial charge on any atom is 0.246 e. The first kappa shape index (κ1) is 44.2. The van der Waals surface area contributed by atoms with Crippen molar-refractivity contribution in [2.45, 2.75) is 122 Å². The number of carbonyl (C=O) groups is 4. The smallest absolute Gasteiger partial charge is 0.246 e. The SMILES string of the molecule is CC[C@H](C)[C@@H]([C@@H](CC(=O)N1CCC[C@H]1[C@H](OC)[C@@H](C)C(=O)N[C@@H](Cc1ccccc1)c1nccs1)OC)N(C)[C@H](C(=O)NC(=O)C(C)(C)NC)C(C)C. The Hall–Kier alpha value is -3.23. The van der Waals surface area contributed by atoms with Crippen LogP contribution >= 0.6 is 11.3 Å². The zero-order valence-electron chi connectivity index (χ0n) is 33.7. The van der Waals surface area contributed by atoms with Crippen molar-refractivity contribution in [1.29, 1.82) is 0 Å². The number of thiazole rings is 1. The molecule has 2 aromatic rings. The number of aromatic nitrogens is 1. The van der Waals surface area contributed by atoms with E-state index in [9.17, 15) is 19.2 Å². The number of carbonyl (C=O) groups excluding carboxylic acids is 4. The van der Waals surface area contributed by atoms with Crippen molar-refractivity contribution >= 4 is 35.0 Å². The lowest BCUT2D eigenvalue weighted by Crippen LogP contribution is -2.61. The Morgan fingerprint density at radius 2 is 1.74 bits per heavy atom. The summed E-state index contributed by atoms with van der Waals surface area (Å²) in [5.74, 6) is -1.66. The highest BCUT2D eigenvalue weighted by Crippen LogP contribution is 2.31. The van der Waals surface area contributed by atoms with Crippen molar-refractivity contribution in [3.8, 4) is 0 Å². The van der Waals surface area contributed by atoms with E-state index in [0.29, 0.717) is 19.4 Å². The lowest BCUT2D eigenvalue weighted by atomic mass is 9.87. The molecule has 0 radical (unpaired) electrons. The van der Waals surface area contributed by atoms with Gasteiger partial charge in [-0.25, -0.2) is 4.98 Å². The van der Waals surface area contributed by atoms with E-state index < -0.39 is 35.6 Å². The number of likely N-dealkylation sites (tertiary alicyclic amines) is 1. The molecule has 8 atom stereocenters. The highest BCUT2D eigenvalue weighted by atomic mass is 32.1. The molecule has 1 aliphatic rings. The van der Waals surface area contributed by atoms with Gasteiger partial charge < -0.3 is 25.0 Å². The first-order valence-electron chi connectivity index (χ1n) is 19.0.